The van der Waals surface area contributed by atoms with E-state index in [2.05, 4.69) is 84.9 Å². The highest BCUT2D eigenvalue weighted by atomic mass is 14.7. The first-order valence-corrected chi connectivity index (χ1v) is 14.1. The molecule has 0 fully saturated rings. The van der Waals surface area contributed by atoms with Crippen molar-refractivity contribution in [3.63, 3.8) is 0 Å². The summed E-state index contributed by atoms with van der Waals surface area (Å²) in [4.78, 5) is 19.0. The third-order valence-electron chi connectivity index (χ3n) is 8.39. The minimum Gasteiger partial charge on any atom is -0.254 e. The fourth-order valence-electron chi connectivity index (χ4n) is 6.68. The van der Waals surface area contributed by atoms with Gasteiger partial charge in [-0.05, 0) is 80.2 Å². The summed E-state index contributed by atoms with van der Waals surface area (Å²) in [5.41, 5.74) is 8.41. The Morgan fingerprint density at radius 3 is 1.05 bits per heavy atom. The fourth-order valence-corrected chi connectivity index (χ4v) is 6.68. The molecule has 0 saturated heterocycles. The zero-order chi connectivity index (χ0) is 27.6. The van der Waals surface area contributed by atoms with Crippen LogP contribution in [0, 0.1) is 0 Å². The molecule has 0 spiro atoms. The first-order chi connectivity index (χ1) is 20.9. The number of aromatic nitrogens is 4. The Balaban J connectivity index is 1.49. The maximum Gasteiger partial charge on any atom is 0.0970 e. The molecule has 0 bridgehead atoms. The summed E-state index contributed by atoms with van der Waals surface area (Å²) in [6.45, 7) is 0. The number of fused-ring (bicyclic) bond motifs is 8. The number of nitrogens with zero attached hydrogens (tertiary/aromatic N) is 4. The average Bonchev–Trinajstić information content (AvgIpc) is 3.06. The Morgan fingerprint density at radius 1 is 0.310 bits per heavy atom. The molecule has 0 amide bonds. The molecule has 0 aliphatic rings. The first kappa shape index (κ1) is 23.0. The molecular weight excluding hydrogens is 512 g/mol. The van der Waals surface area contributed by atoms with E-state index in [-0.39, 0.29) is 0 Å². The molecule has 0 aliphatic heterocycles. The number of hydrogen-bond acceptors (Lipinski definition) is 4. The van der Waals surface area contributed by atoms with Crippen LogP contribution in [0.25, 0.3) is 87.4 Å². The first-order valence-electron chi connectivity index (χ1n) is 14.1. The second-order valence-corrected chi connectivity index (χ2v) is 10.6. The number of rotatable bonds is 2. The summed E-state index contributed by atoms with van der Waals surface area (Å²) < 4.78 is 0. The molecule has 194 valence electrons. The number of benzene rings is 5. The van der Waals surface area contributed by atoms with Gasteiger partial charge in [0.2, 0.25) is 0 Å². The average molecular weight is 535 g/mol. The lowest BCUT2D eigenvalue weighted by Crippen LogP contribution is -1.94. The summed E-state index contributed by atoms with van der Waals surface area (Å²) in [7, 11) is 0. The molecule has 0 atom stereocenters. The van der Waals surface area contributed by atoms with Crippen molar-refractivity contribution in [3.8, 4) is 22.3 Å². The third-order valence-corrected chi connectivity index (χ3v) is 8.39. The van der Waals surface area contributed by atoms with Crippen LogP contribution < -0.4 is 0 Å². The Hall–Kier alpha value is -5.74. The highest BCUT2D eigenvalue weighted by Crippen LogP contribution is 2.47. The van der Waals surface area contributed by atoms with Gasteiger partial charge in [-0.2, -0.15) is 0 Å². The normalized spacial score (nSPS) is 11.8. The predicted octanol–water partition coefficient (Wildman–Crippen LogP) is 9.52. The molecule has 0 N–H and O–H groups in total. The van der Waals surface area contributed by atoms with Gasteiger partial charge in [-0.3, -0.25) is 19.9 Å². The maximum atomic E-state index is 4.81. The van der Waals surface area contributed by atoms with Gasteiger partial charge in [0.1, 0.15) is 0 Å². The van der Waals surface area contributed by atoms with E-state index in [0.29, 0.717) is 0 Å². The van der Waals surface area contributed by atoms with Crippen LogP contribution in [-0.2, 0) is 0 Å². The fraction of sp³-hybridized carbons (Fsp3) is 0. The molecule has 42 heavy (non-hydrogen) atoms. The summed E-state index contributed by atoms with van der Waals surface area (Å²) in [5, 5.41) is 9.14. The van der Waals surface area contributed by atoms with E-state index < -0.39 is 0 Å². The van der Waals surface area contributed by atoms with Gasteiger partial charge in [-0.15, -0.1) is 0 Å². The van der Waals surface area contributed by atoms with Crippen LogP contribution in [0.15, 0.2) is 134 Å². The van der Waals surface area contributed by atoms with E-state index in [4.69, 9.17) is 19.9 Å². The lowest BCUT2D eigenvalue weighted by atomic mass is 9.83. The molecule has 4 heteroatoms. The Morgan fingerprint density at radius 2 is 0.643 bits per heavy atom. The van der Waals surface area contributed by atoms with Gasteiger partial charge in [0, 0.05) is 46.3 Å². The second kappa shape index (κ2) is 8.88. The van der Waals surface area contributed by atoms with Crippen molar-refractivity contribution in [2.24, 2.45) is 0 Å². The van der Waals surface area contributed by atoms with Crippen LogP contribution in [0.3, 0.4) is 0 Å². The highest BCUT2D eigenvalue weighted by molar-refractivity contribution is 6.27. The van der Waals surface area contributed by atoms with Crippen molar-refractivity contribution in [1.82, 2.24) is 19.9 Å². The van der Waals surface area contributed by atoms with Crippen LogP contribution >= 0.6 is 0 Å². The minimum absolute atomic E-state index is 0.918. The van der Waals surface area contributed by atoms with Gasteiger partial charge in [0.05, 0.1) is 22.1 Å². The van der Waals surface area contributed by atoms with E-state index in [0.717, 1.165) is 54.7 Å². The molecule has 0 saturated carbocycles. The van der Waals surface area contributed by atoms with E-state index in [9.17, 15) is 0 Å². The number of pyridine rings is 4. The SMILES string of the molecule is c1cnc2c(c1)cc(-c1c3ccccc3c(-c3cc4cccnc4c4ncccc34)c3ccccc13)c1cccnc12. The molecule has 0 unspecified atom stereocenters. The van der Waals surface area contributed by atoms with Gasteiger partial charge in [0.15, 0.2) is 0 Å². The van der Waals surface area contributed by atoms with Crippen molar-refractivity contribution in [1.29, 1.82) is 0 Å². The standard InChI is InChI=1S/C38H22N4/c1-2-12-26-25(11-1)33(31-21-23-9-5-17-39-35(23)37-29(31)15-7-19-41-37)27-13-3-4-14-28(27)34(26)32-22-24-10-6-18-40-36(24)38-30(32)16-8-20-42-38/h1-22H. The van der Waals surface area contributed by atoms with Crippen LogP contribution in [0.4, 0.5) is 0 Å². The summed E-state index contributed by atoms with van der Waals surface area (Å²) in [6, 6.07) is 38.7. The molecule has 5 aromatic carbocycles. The van der Waals surface area contributed by atoms with Crippen LogP contribution in [0.1, 0.15) is 0 Å². The van der Waals surface area contributed by atoms with Crippen molar-refractivity contribution < 1.29 is 0 Å². The Bertz CT molecular complexity index is 2300. The Kier molecular flexibility index (Phi) is 4.87. The van der Waals surface area contributed by atoms with E-state index in [1.54, 1.807) is 0 Å². The summed E-state index contributed by atoms with van der Waals surface area (Å²) in [6.07, 6.45) is 7.39. The predicted molar refractivity (Wildman–Crippen MR) is 174 cm³/mol. The molecule has 4 aromatic heterocycles. The van der Waals surface area contributed by atoms with Crippen molar-refractivity contribution >= 4 is 65.2 Å². The van der Waals surface area contributed by atoms with Crippen molar-refractivity contribution in [2.75, 3.05) is 0 Å². The minimum atomic E-state index is 0.918. The molecule has 4 nitrogen and oxygen atoms in total. The van der Waals surface area contributed by atoms with Crippen LogP contribution in [0.5, 0.6) is 0 Å². The third kappa shape index (κ3) is 3.23. The highest BCUT2D eigenvalue weighted by Gasteiger charge is 2.21. The van der Waals surface area contributed by atoms with Gasteiger partial charge in [-0.25, -0.2) is 0 Å². The topological polar surface area (TPSA) is 51.6 Å². The molecule has 9 rings (SSSR count). The van der Waals surface area contributed by atoms with Crippen LogP contribution in [-0.4, -0.2) is 19.9 Å². The van der Waals surface area contributed by atoms with Gasteiger partial charge in [0.25, 0.3) is 0 Å². The lowest BCUT2D eigenvalue weighted by Gasteiger charge is -2.20. The van der Waals surface area contributed by atoms with E-state index in [1.807, 2.05) is 49.1 Å². The molecule has 0 aliphatic carbocycles. The molecule has 4 heterocycles. The van der Waals surface area contributed by atoms with Gasteiger partial charge in [-0.1, -0.05) is 72.8 Å². The monoisotopic (exact) mass is 534 g/mol. The van der Waals surface area contributed by atoms with Gasteiger partial charge < -0.3 is 0 Å². The van der Waals surface area contributed by atoms with Gasteiger partial charge >= 0.3 is 0 Å². The lowest BCUT2D eigenvalue weighted by molar-refractivity contribution is 1.37. The Labute approximate surface area is 241 Å². The quantitative estimate of drug-likeness (QED) is 0.164. The zero-order valence-electron chi connectivity index (χ0n) is 22.5. The molecule has 9 aromatic rings. The largest absolute Gasteiger partial charge is 0.254 e. The molecule has 0 radical (unpaired) electrons. The van der Waals surface area contributed by atoms with Crippen molar-refractivity contribution in [3.05, 3.63) is 134 Å². The maximum absolute atomic E-state index is 4.81. The summed E-state index contributed by atoms with van der Waals surface area (Å²) in [5.74, 6) is 0. The number of hydrogen-bond donors (Lipinski definition) is 0. The van der Waals surface area contributed by atoms with E-state index in [1.165, 1.54) is 32.7 Å². The smallest absolute Gasteiger partial charge is 0.0970 e. The molecular formula is C38H22N4. The summed E-state index contributed by atoms with van der Waals surface area (Å²) >= 11 is 0. The van der Waals surface area contributed by atoms with Crippen LogP contribution in [0.2, 0.25) is 0 Å². The van der Waals surface area contributed by atoms with Crippen molar-refractivity contribution in [2.45, 2.75) is 0 Å². The van der Waals surface area contributed by atoms with E-state index >= 15 is 0 Å². The second-order valence-electron chi connectivity index (χ2n) is 10.6. The zero-order valence-corrected chi connectivity index (χ0v) is 22.5.